The highest BCUT2D eigenvalue weighted by Gasteiger charge is 2.37. The first-order valence-electron chi connectivity index (χ1n) is 5.69. The molecule has 1 rings (SSSR count). The minimum atomic E-state index is -0.198. The van der Waals surface area contributed by atoms with Crippen LogP contribution in [0.15, 0.2) is 0 Å². The van der Waals surface area contributed by atoms with Crippen LogP contribution in [0.3, 0.4) is 0 Å². The fourth-order valence-electron chi connectivity index (χ4n) is 2.68. The van der Waals surface area contributed by atoms with Crippen LogP contribution in [-0.4, -0.2) is 25.2 Å². The summed E-state index contributed by atoms with van der Waals surface area (Å²) in [6, 6.07) is 0.241. The Kier molecular flexibility index (Phi) is 3.77. The molecular weight excluding hydrogens is 190 g/mol. The van der Waals surface area contributed by atoms with Gasteiger partial charge in [0.25, 0.3) is 0 Å². The van der Waals surface area contributed by atoms with Gasteiger partial charge in [0.05, 0.1) is 7.11 Å². The smallest absolute Gasteiger partial charge is 0.322 e. The first-order valence-corrected chi connectivity index (χ1v) is 5.69. The first-order chi connectivity index (χ1) is 6.85. The summed E-state index contributed by atoms with van der Waals surface area (Å²) in [6.45, 7) is 8.68. The van der Waals surface area contributed by atoms with Crippen molar-refractivity contribution >= 4 is 5.97 Å². The lowest BCUT2D eigenvalue weighted by molar-refractivity contribution is -0.142. The molecule has 0 spiro atoms. The molecule has 0 aliphatic heterocycles. The van der Waals surface area contributed by atoms with Crippen molar-refractivity contribution < 1.29 is 9.53 Å². The summed E-state index contributed by atoms with van der Waals surface area (Å²) in [5, 5.41) is 3.36. The second kappa shape index (κ2) is 4.52. The van der Waals surface area contributed by atoms with Crippen molar-refractivity contribution in [1.82, 2.24) is 5.32 Å². The molecule has 3 nitrogen and oxygen atoms in total. The molecule has 0 saturated heterocycles. The van der Waals surface area contributed by atoms with Gasteiger partial charge in [0.1, 0.15) is 6.04 Å². The predicted octanol–water partition coefficient (Wildman–Crippen LogP) is 1.96. The molecule has 3 atom stereocenters. The zero-order valence-corrected chi connectivity index (χ0v) is 10.5. The van der Waals surface area contributed by atoms with Crippen LogP contribution < -0.4 is 5.32 Å². The third-order valence-electron chi connectivity index (χ3n) is 3.35. The highest BCUT2D eigenvalue weighted by Crippen LogP contribution is 2.40. The van der Waals surface area contributed by atoms with Crippen LogP contribution in [0.2, 0.25) is 0 Å². The molecule has 0 radical (unpaired) electrons. The molecule has 1 aliphatic carbocycles. The highest BCUT2D eigenvalue weighted by molar-refractivity contribution is 5.75. The maximum absolute atomic E-state index is 11.3. The molecule has 3 unspecified atom stereocenters. The topological polar surface area (TPSA) is 38.3 Å². The minimum absolute atomic E-state index is 0.174. The van der Waals surface area contributed by atoms with Crippen molar-refractivity contribution in [2.24, 2.45) is 11.3 Å². The van der Waals surface area contributed by atoms with E-state index in [0.29, 0.717) is 17.4 Å². The van der Waals surface area contributed by atoms with Gasteiger partial charge >= 0.3 is 5.97 Å². The fourth-order valence-corrected chi connectivity index (χ4v) is 2.68. The number of nitrogens with one attached hydrogen (secondary N) is 1. The minimum Gasteiger partial charge on any atom is -0.468 e. The van der Waals surface area contributed by atoms with E-state index in [1.807, 2.05) is 6.92 Å². The van der Waals surface area contributed by atoms with Gasteiger partial charge in [-0.25, -0.2) is 0 Å². The molecule has 15 heavy (non-hydrogen) atoms. The zero-order valence-electron chi connectivity index (χ0n) is 10.5. The maximum atomic E-state index is 11.3. The van der Waals surface area contributed by atoms with Gasteiger partial charge in [-0.1, -0.05) is 20.8 Å². The van der Waals surface area contributed by atoms with Crippen LogP contribution in [0.1, 0.15) is 40.5 Å². The monoisotopic (exact) mass is 213 g/mol. The van der Waals surface area contributed by atoms with Crippen molar-refractivity contribution in [2.75, 3.05) is 7.11 Å². The van der Waals surface area contributed by atoms with Crippen LogP contribution in [-0.2, 0) is 9.53 Å². The number of rotatable bonds is 3. The fraction of sp³-hybridized carbons (Fsp3) is 0.917. The number of carbonyl (C=O) groups is 1. The van der Waals surface area contributed by atoms with E-state index in [-0.39, 0.29) is 12.0 Å². The molecule has 1 N–H and O–H groups in total. The molecular formula is C12H23NO2. The summed E-state index contributed by atoms with van der Waals surface area (Å²) >= 11 is 0. The summed E-state index contributed by atoms with van der Waals surface area (Å²) in [5.41, 5.74) is 0.396. The standard InChI is InChI=1S/C12H23NO2/c1-8-6-12(3,4)7-10(8)13-9(2)11(14)15-5/h8-10,13H,6-7H2,1-5H3. The number of hydrogen-bond acceptors (Lipinski definition) is 3. The van der Waals surface area contributed by atoms with Gasteiger partial charge in [0, 0.05) is 6.04 Å². The normalized spacial score (nSPS) is 31.3. The number of hydrogen-bond donors (Lipinski definition) is 1. The Labute approximate surface area is 92.6 Å². The second-order valence-electron chi connectivity index (χ2n) is 5.57. The molecule has 88 valence electrons. The molecule has 1 fully saturated rings. The first kappa shape index (κ1) is 12.5. The maximum Gasteiger partial charge on any atom is 0.322 e. The molecule has 0 amide bonds. The quantitative estimate of drug-likeness (QED) is 0.728. The molecule has 0 aromatic rings. The summed E-state index contributed by atoms with van der Waals surface area (Å²) < 4.78 is 4.71. The van der Waals surface area contributed by atoms with Gasteiger partial charge in [-0.15, -0.1) is 0 Å². The summed E-state index contributed by atoms with van der Waals surface area (Å²) in [6.07, 6.45) is 2.36. The van der Waals surface area contributed by atoms with Crippen LogP contribution >= 0.6 is 0 Å². The van der Waals surface area contributed by atoms with Gasteiger partial charge in [-0.2, -0.15) is 0 Å². The lowest BCUT2D eigenvalue weighted by Gasteiger charge is -2.21. The summed E-state index contributed by atoms with van der Waals surface area (Å²) in [7, 11) is 1.43. The predicted molar refractivity (Wildman–Crippen MR) is 60.6 cm³/mol. The summed E-state index contributed by atoms with van der Waals surface area (Å²) in [5.74, 6) is 0.457. The van der Waals surface area contributed by atoms with Crippen LogP contribution in [0, 0.1) is 11.3 Å². The van der Waals surface area contributed by atoms with Crippen LogP contribution in [0.4, 0.5) is 0 Å². The molecule has 0 bridgehead atoms. The van der Waals surface area contributed by atoms with E-state index in [1.165, 1.54) is 13.5 Å². The SMILES string of the molecule is COC(=O)C(C)NC1CC(C)(C)CC1C. The number of carbonyl (C=O) groups excluding carboxylic acids is 1. The molecule has 3 heteroatoms. The van der Waals surface area contributed by atoms with E-state index < -0.39 is 0 Å². The van der Waals surface area contributed by atoms with Crippen LogP contribution in [0.25, 0.3) is 0 Å². The van der Waals surface area contributed by atoms with Gasteiger partial charge in [-0.05, 0) is 31.1 Å². The lowest BCUT2D eigenvalue weighted by Crippen LogP contribution is -2.43. The van der Waals surface area contributed by atoms with E-state index in [2.05, 4.69) is 26.1 Å². The lowest BCUT2D eigenvalue weighted by atomic mass is 9.91. The third-order valence-corrected chi connectivity index (χ3v) is 3.35. The number of ether oxygens (including phenoxy) is 1. The molecule has 0 aromatic carbocycles. The molecule has 1 aliphatic rings. The van der Waals surface area contributed by atoms with E-state index in [9.17, 15) is 4.79 Å². The van der Waals surface area contributed by atoms with Crippen molar-refractivity contribution in [3.63, 3.8) is 0 Å². The zero-order chi connectivity index (χ0) is 11.6. The van der Waals surface area contributed by atoms with E-state index in [0.717, 1.165) is 6.42 Å². The number of methoxy groups -OCH3 is 1. The molecule has 0 aromatic heterocycles. The Hall–Kier alpha value is -0.570. The Bertz CT molecular complexity index is 238. The van der Waals surface area contributed by atoms with E-state index in [1.54, 1.807) is 0 Å². The average Bonchev–Trinajstić information content (AvgIpc) is 2.38. The van der Waals surface area contributed by atoms with Gasteiger partial charge in [0.15, 0.2) is 0 Å². The number of esters is 1. The Morgan fingerprint density at radius 3 is 2.47 bits per heavy atom. The van der Waals surface area contributed by atoms with Gasteiger partial charge in [0.2, 0.25) is 0 Å². The van der Waals surface area contributed by atoms with E-state index >= 15 is 0 Å². The summed E-state index contributed by atoms with van der Waals surface area (Å²) in [4.78, 5) is 11.3. The van der Waals surface area contributed by atoms with Crippen molar-refractivity contribution in [1.29, 1.82) is 0 Å². The Balaban J connectivity index is 2.49. The van der Waals surface area contributed by atoms with Gasteiger partial charge < -0.3 is 10.1 Å². The van der Waals surface area contributed by atoms with Crippen molar-refractivity contribution in [3.05, 3.63) is 0 Å². The Morgan fingerprint density at radius 2 is 2.07 bits per heavy atom. The van der Waals surface area contributed by atoms with Crippen molar-refractivity contribution in [2.45, 2.75) is 52.6 Å². The highest BCUT2D eigenvalue weighted by atomic mass is 16.5. The van der Waals surface area contributed by atoms with Crippen LogP contribution in [0.5, 0.6) is 0 Å². The van der Waals surface area contributed by atoms with Crippen molar-refractivity contribution in [3.8, 4) is 0 Å². The largest absolute Gasteiger partial charge is 0.468 e. The average molecular weight is 213 g/mol. The Morgan fingerprint density at radius 1 is 1.47 bits per heavy atom. The third kappa shape index (κ3) is 3.20. The van der Waals surface area contributed by atoms with Gasteiger partial charge in [-0.3, -0.25) is 4.79 Å². The molecule has 0 heterocycles. The van der Waals surface area contributed by atoms with E-state index in [4.69, 9.17) is 4.74 Å². The molecule has 1 saturated carbocycles. The second-order valence-corrected chi connectivity index (χ2v) is 5.57.